The van der Waals surface area contributed by atoms with Crippen LogP contribution in [0.4, 0.5) is 5.82 Å². The standard InChI is InChI=1S/C10H14N4OS/c11-14-9-2-1-7(5-12-9)10(15)13-8-3-4-16-6-8/h1-2,5,8H,3-4,6,11H2,(H,12,14)(H,13,15). The van der Waals surface area contributed by atoms with Gasteiger partial charge in [0.05, 0.1) is 5.56 Å². The molecule has 0 aromatic carbocycles. The first-order valence-electron chi connectivity index (χ1n) is 5.11. The van der Waals surface area contributed by atoms with Crippen molar-refractivity contribution < 1.29 is 4.79 Å². The van der Waals surface area contributed by atoms with E-state index in [1.165, 1.54) is 6.20 Å². The molecule has 1 aliphatic rings. The summed E-state index contributed by atoms with van der Waals surface area (Å²) in [5.74, 6) is 7.80. The molecule has 86 valence electrons. The smallest absolute Gasteiger partial charge is 0.253 e. The summed E-state index contributed by atoms with van der Waals surface area (Å²) in [5.41, 5.74) is 2.99. The molecule has 1 amide bonds. The molecule has 0 spiro atoms. The fraction of sp³-hybridized carbons (Fsp3) is 0.400. The number of nitrogens with one attached hydrogen (secondary N) is 2. The average Bonchev–Trinajstić information content (AvgIpc) is 2.82. The molecule has 4 N–H and O–H groups in total. The number of anilines is 1. The number of nitrogen functional groups attached to an aromatic ring is 1. The highest BCUT2D eigenvalue weighted by atomic mass is 32.2. The van der Waals surface area contributed by atoms with Gasteiger partial charge in [-0.1, -0.05) is 0 Å². The molecule has 1 aromatic rings. The summed E-state index contributed by atoms with van der Waals surface area (Å²) in [5, 5.41) is 2.98. The van der Waals surface area contributed by atoms with Gasteiger partial charge in [-0.15, -0.1) is 0 Å². The molecule has 1 atom stereocenters. The first kappa shape index (κ1) is 11.2. The number of pyridine rings is 1. The summed E-state index contributed by atoms with van der Waals surface area (Å²) in [4.78, 5) is 15.8. The van der Waals surface area contributed by atoms with E-state index in [1.54, 1.807) is 12.1 Å². The number of carbonyl (C=O) groups is 1. The van der Waals surface area contributed by atoms with Gasteiger partial charge in [-0.05, 0) is 24.3 Å². The molecule has 0 aliphatic carbocycles. The average molecular weight is 238 g/mol. The lowest BCUT2D eigenvalue weighted by Crippen LogP contribution is -2.34. The third-order valence-corrected chi connectivity index (χ3v) is 3.60. The Kier molecular flexibility index (Phi) is 3.63. The van der Waals surface area contributed by atoms with Crippen LogP contribution in [0.15, 0.2) is 18.3 Å². The summed E-state index contributed by atoms with van der Waals surface area (Å²) in [6.07, 6.45) is 2.57. The molecule has 5 nitrogen and oxygen atoms in total. The van der Waals surface area contributed by atoms with Crippen LogP contribution < -0.4 is 16.6 Å². The van der Waals surface area contributed by atoms with Gasteiger partial charge in [0.1, 0.15) is 5.82 Å². The molecule has 0 saturated carbocycles. The first-order valence-corrected chi connectivity index (χ1v) is 6.26. The van der Waals surface area contributed by atoms with Crippen molar-refractivity contribution in [1.82, 2.24) is 10.3 Å². The second-order valence-corrected chi connectivity index (χ2v) is 4.76. The number of nitrogens with zero attached hydrogens (tertiary/aromatic N) is 1. The molecule has 1 aliphatic heterocycles. The number of nitrogens with two attached hydrogens (primary N) is 1. The van der Waals surface area contributed by atoms with E-state index < -0.39 is 0 Å². The molecule has 1 aromatic heterocycles. The Hall–Kier alpha value is -1.27. The Morgan fingerprint density at radius 3 is 3.00 bits per heavy atom. The molecule has 2 heterocycles. The summed E-state index contributed by atoms with van der Waals surface area (Å²) in [6, 6.07) is 3.68. The number of amides is 1. The summed E-state index contributed by atoms with van der Waals surface area (Å²) in [7, 11) is 0. The minimum atomic E-state index is -0.0661. The van der Waals surface area contributed by atoms with Crippen LogP contribution in [0.2, 0.25) is 0 Å². The van der Waals surface area contributed by atoms with E-state index >= 15 is 0 Å². The largest absolute Gasteiger partial charge is 0.348 e. The van der Waals surface area contributed by atoms with Crippen LogP contribution in [0.5, 0.6) is 0 Å². The van der Waals surface area contributed by atoms with Crippen molar-refractivity contribution >= 4 is 23.5 Å². The van der Waals surface area contributed by atoms with E-state index in [-0.39, 0.29) is 5.91 Å². The Morgan fingerprint density at radius 2 is 2.44 bits per heavy atom. The molecule has 1 saturated heterocycles. The summed E-state index contributed by atoms with van der Waals surface area (Å²) < 4.78 is 0. The van der Waals surface area contributed by atoms with E-state index in [9.17, 15) is 4.79 Å². The van der Waals surface area contributed by atoms with Crippen LogP contribution >= 0.6 is 11.8 Å². The minimum absolute atomic E-state index is 0.0661. The second kappa shape index (κ2) is 5.18. The number of hydrogen-bond acceptors (Lipinski definition) is 5. The predicted octanol–water partition coefficient (Wildman–Crippen LogP) is 0.602. The monoisotopic (exact) mass is 238 g/mol. The zero-order chi connectivity index (χ0) is 11.4. The van der Waals surface area contributed by atoms with Gasteiger partial charge in [0.2, 0.25) is 0 Å². The second-order valence-electron chi connectivity index (χ2n) is 3.61. The van der Waals surface area contributed by atoms with Crippen molar-refractivity contribution in [3.63, 3.8) is 0 Å². The fourth-order valence-electron chi connectivity index (χ4n) is 1.53. The Balaban J connectivity index is 1.97. The van der Waals surface area contributed by atoms with Crippen LogP contribution in [0.1, 0.15) is 16.8 Å². The van der Waals surface area contributed by atoms with Crippen molar-refractivity contribution in [3.05, 3.63) is 23.9 Å². The third kappa shape index (κ3) is 2.65. The quantitative estimate of drug-likeness (QED) is 0.531. The fourth-order valence-corrected chi connectivity index (χ4v) is 2.68. The molecule has 0 radical (unpaired) electrons. The van der Waals surface area contributed by atoms with Crippen LogP contribution in [0, 0.1) is 0 Å². The van der Waals surface area contributed by atoms with Crippen LogP contribution in [-0.4, -0.2) is 28.4 Å². The van der Waals surface area contributed by atoms with Crippen molar-refractivity contribution in [1.29, 1.82) is 0 Å². The maximum Gasteiger partial charge on any atom is 0.253 e. The highest BCUT2D eigenvalue weighted by Crippen LogP contribution is 2.17. The van der Waals surface area contributed by atoms with Crippen molar-refractivity contribution in [2.24, 2.45) is 5.84 Å². The molecular formula is C10H14N4OS. The number of thioether (sulfide) groups is 1. The number of rotatable bonds is 3. The molecule has 1 fully saturated rings. The zero-order valence-corrected chi connectivity index (χ0v) is 9.59. The first-order chi connectivity index (χ1) is 7.79. The van der Waals surface area contributed by atoms with Crippen molar-refractivity contribution in [2.75, 3.05) is 16.9 Å². The normalized spacial score (nSPS) is 19.4. The van der Waals surface area contributed by atoms with E-state index in [1.807, 2.05) is 11.8 Å². The van der Waals surface area contributed by atoms with Gasteiger partial charge in [0.25, 0.3) is 5.91 Å². The lowest BCUT2D eigenvalue weighted by atomic mass is 10.2. The van der Waals surface area contributed by atoms with Crippen molar-refractivity contribution in [2.45, 2.75) is 12.5 Å². The maximum absolute atomic E-state index is 11.8. The molecule has 6 heteroatoms. The van der Waals surface area contributed by atoms with E-state index in [0.717, 1.165) is 17.9 Å². The van der Waals surface area contributed by atoms with Gasteiger partial charge in [0.15, 0.2) is 0 Å². The lowest BCUT2D eigenvalue weighted by Gasteiger charge is -2.11. The van der Waals surface area contributed by atoms with Gasteiger partial charge in [-0.3, -0.25) is 4.79 Å². The highest BCUT2D eigenvalue weighted by molar-refractivity contribution is 7.99. The van der Waals surface area contributed by atoms with Gasteiger partial charge in [0, 0.05) is 18.0 Å². The third-order valence-electron chi connectivity index (χ3n) is 2.44. The minimum Gasteiger partial charge on any atom is -0.348 e. The molecule has 1 unspecified atom stereocenters. The van der Waals surface area contributed by atoms with Gasteiger partial charge in [-0.2, -0.15) is 11.8 Å². The SMILES string of the molecule is NNc1ccc(C(=O)NC2CCSC2)cn1. The van der Waals surface area contributed by atoms with Crippen LogP contribution in [-0.2, 0) is 0 Å². The van der Waals surface area contributed by atoms with Crippen LogP contribution in [0.25, 0.3) is 0 Å². The predicted molar refractivity (Wildman–Crippen MR) is 65.2 cm³/mol. The number of hydrazine groups is 1. The van der Waals surface area contributed by atoms with Crippen LogP contribution in [0.3, 0.4) is 0 Å². The van der Waals surface area contributed by atoms with E-state index in [4.69, 9.17) is 5.84 Å². The Labute approximate surface area is 98.2 Å². The lowest BCUT2D eigenvalue weighted by molar-refractivity contribution is 0.0941. The number of carbonyl (C=O) groups excluding carboxylic acids is 1. The molecule has 2 rings (SSSR count). The van der Waals surface area contributed by atoms with Gasteiger partial charge < -0.3 is 10.7 Å². The summed E-state index contributed by atoms with van der Waals surface area (Å²) in [6.45, 7) is 0. The van der Waals surface area contributed by atoms with Crippen molar-refractivity contribution in [3.8, 4) is 0 Å². The number of aromatic nitrogens is 1. The number of hydrogen-bond donors (Lipinski definition) is 3. The van der Waals surface area contributed by atoms with Gasteiger partial charge >= 0.3 is 0 Å². The van der Waals surface area contributed by atoms with E-state index in [2.05, 4.69) is 15.7 Å². The Morgan fingerprint density at radius 1 is 1.56 bits per heavy atom. The highest BCUT2D eigenvalue weighted by Gasteiger charge is 2.18. The van der Waals surface area contributed by atoms with E-state index in [0.29, 0.717) is 17.4 Å². The van der Waals surface area contributed by atoms with Gasteiger partial charge in [-0.25, -0.2) is 10.8 Å². The maximum atomic E-state index is 11.8. The molecule has 0 bridgehead atoms. The molecule has 16 heavy (non-hydrogen) atoms. The topological polar surface area (TPSA) is 80.0 Å². The summed E-state index contributed by atoms with van der Waals surface area (Å²) >= 11 is 1.87. The Bertz CT molecular complexity index is 362. The molecular weight excluding hydrogens is 224 g/mol. The zero-order valence-electron chi connectivity index (χ0n) is 8.77.